The molecular formula is C45H29N3O2. The van der Waals surface area contributed by atoms with E-state index in [1.807, 2.05) is 79.0 Å². The summed E-state index contributed by atoms with van der Waals surface area (Å²) < 4.78 is 12.7. The zero-order valence-electron chi connectivity index (χ0n) is 27.0. The van der Waals surface area contributed by atoms with Crippen molar-refractivity contribution in [1.82, 2.24) is 15.0 Å². The number of rotatable bonds is 5. The van der Waals surface area contributed by atoms with Gasteiger partial charge >= 0.3 is 0 Å². The summed E-state index contributed by atoms with van der Waals surface area (Å²) in [4.78, 5) is 15.2. The Morgan fingerprint density at radius 1 is 0.560 bits per heavy atom. The van der Waals surface area contributed by atoms with Gasteiger partial charge in [0.15, 0.2) is 11.4 Å². The Kier molecular flexibility index (Phi) is 6.56. The van der Waals surface area contributed by atoms with Gasteiger partial charge in [-0.05, 0) is 66.1 Å². The van der Waals surface area contributed by atoms with Crippen molar-refractivity contribution in [3.05, 3.63) is 162 Å². The lowest BCUT2D eigenvalue weighted by atomic mass is 9.88. The Hall–Kier alpha value is -6.59. The van der Waals surface area contributed by atoms with Gasteiger partial charge in [0.1, 0.15) is 22.1 Å². The van der Waals surface area contributed by atoms with Gasteiger partial charge in [-0.3, -0.25) is 4.98 Å². The van der Waals surface area contributed by atoms with Gasteiger partial charge in [-0.25, -0.2) is 9.97 Å². The van der Waals surface area contributed by atoms with Crippen molar-refractivity contribution < 1.29 is 8.83 Å². The summed E-state index contributed by atoms with van der Waals surface area (Å²) >= 11 is 0. The number of hydrogen-bond donors (Lipinski definition) is 0. The van der Waals surface area contributed by atoms with Crippen LogP contribution in [0, 0.1) is 0 Å². The number of nitrogens with zero attached hydrogens (tertiary/aromatic N) is 3. The van der Waals surface area contributed by atoms with Gasteiger partial charge in [0.25, 0.3) is 0 Å². The molecule has 5 aromatic carbocycles. The molecule has 0 saturated heterocycles. The van der Waals surface area contributed by atoms with E-state index in [2.05, 4.69) is 78.9 Å². The fraction of sp³-hybridized carbons (Fsp3) is 0.0444. The van der Waals surface area contributed by atoms with Gasteiger partial charge in [-0.2, -0.15) is 0 Å². The average molecular weight is 644 g/mol. The second kappa shape index (κ2) is 11.5. The maximum absolute atomic E-state index is 6.49. The van der Waals surface area contributed by atoms with Crippen molar-refractivity contribution >= 4 is 45.2 Å². The zero-order chi connectivity index (χ0) is 33.0. The molecule has 9 aromatic rings. The van der Waals surface area contributed by atoms with Crippen LogP contribution in [-0.4, -0.2) is 15.0 Å². The van der Waals surface area contributed by atoms with Crippen LogP contribution in [0.25, 0.3) is 90.2 Å². The molecule has 236 valence electrons. The van der Waals surface area contributed by atoms with E-state index in [1.54, 1.807) is 0 Å². The second-order valence-electron chi connectivity index (χ2n) is 12.8. The Morgan fingerprint density at radius 3 is 1.94 bits per heavy atom. The molecule has 0 fully saturated rings. The predicted octanol–water partition coefficient (Wildman–Crippen LogP) is 9.93. The molecule has 5 nitrogen and oxygen atoms in total. The first-order valence-electron chi connectivity index (χ1n) is 16.9. The number of furan rings is 2. The van der Waals surface area contributed by atoms with Gasteiger partial charge in [0, 0.05) is 50.4 Å². The molecule has 0 saturated carbocycles. The molecule has 0 radical (unpaired) electrons. The van der Waals surface area contributed by atoms with E-state index < -0.39 is 0 Å². The summed E-state index contributed by atoms with van der Waals surface area (Å²) in [5.41, 5.74) is 12.2. The van der Waals surface area contributed by atoms with Crippen molar-refractivity contribution in [2.24, 2.45) is 0 Å². The highest BCUT2D eigenvalue weighted by Gasteiger charge is 2.20. The van der Waals surface area contributed by atoms with E-state index in [0.29, 0.717) is 5.82 Å². The van der Waals surface area contributed by atoms with Crippen LogP contribution in [-0.2, 0) is 0 Å². The lowest BCUT2D eigenvalue weighted by Gasteiger charge is -2.17. The molecule has 1 aliphatic carbocycles. The Bertz CT molecular complexity index is 2800. The van der Waals surface area contributed by atoms with Crippen LogP contribution in [0.4, 0.5) is 0 Å². The molecule has 1 atom stereocenters. The highest BCUT2D eigenvalue weighted by atomic mass is 16.3. The smallest absolute Gasteiger partial charge is 0.161 e. The first-order valence-corrected chi connectivity index (χ1v) is 16.9. The normalized spacial score (nSPS) is 14.0. The SMILES string of the molecule is C1=c2oc3ccccc3c2=CC(c2cc(-c3nc(-c4ccccc4)cc(-c4ccccc4)n3)cc(-c3ccnc4c3oc3ccccc34)c2)C1. The van der Waals surface area contributed by atoms with Gasteiger partial charge in [-0.1, -0.05) is 103 Å². The number of para-hydroxylation sites is 2. The third kappa shape index (κ3) is 4.82. The lowest BCUT2D eigenvalue weighted by Crippen LogP contribution is -2.25. The number of hydrogen-bond acceptors (Lipinski definition) is 5. The molecular weight excluding hydrogens is 615 g/mol. The highest BCUT2D eigenvalue weighted by molar-refractivity contribution is 6.07. The maximum Gasteiger partial charge on any atom is 0.161 e. The summed E-state index contributed by atoms with van der Waals surface area (Å²) in [6.07, 6.45) is 7.25. The summed E-state index contributed by atoms with van der Waals surface area (Å²) in [6, 6.07) is 47.8. The fourth-order valence-corrected chi connectivity index (χ4v) is 7.22. The van der Waals surface area contributed by atoms with E-state index in [1.165, 1.54) is 5.56 Å². The Labute approximate surface area is 287 Å². The van der Waals surface area contributed by atoms with Crippen LogP contribution < -0.4 is 10.6 Å². The third-order valence-electron chi connectivity index (χ3n) is 9.66. The molecule has 0 amide bonds. The molecule has 0 aliphatic heterocycles. The van der Waals surface area contributed by atoms with Crippen molar-refractivity contribution in [2.45, 2.75) is 12.3 Å². The van der Waals surface area contributed by atoms with E-state index in [9.17, 15) is 0 Å². The lowest BCUT2D eigenvalue weighted by molar-refractivity contribution is 0.570. The molecule has 0 spiro atoms. The number of aromatic nitrogens is 3. The van der Waals surface area contributed by atoms with Gasteiger partial charge < -0.3 is 8.83 Å². The van der Waals surface area contributed by atoms with Crippen LogP contribution in [0.3, 0.4) is 0 Å². The average Bonchev–Trinajstić information content (AvgIpc) is 3.76. The van der Waals surface area contributed by atoms with E-state index in [-0.39, 0.29) is 5.92 Å². The van der Waals surface area contributed by atoms with E-state index >= 15 is 0 Å². The minimum absolute atomic E-state index is 0.112. The van der Waals surface area contributed by atoms with Crippen LogP contribution in [0.2, 0.25) is 0 Å². The highest BCUT2D eigenvalue weighted by Crippen LogP contribution is 2.39. The molecule has 10 rings (SSSR count). The second-order valence-corrected chi connectivity index (χ2v) is 12.8. The summed E-state index contributed by atoms with van der Waals surface area (Å²) in [5.74, 6) is 0.776. The van der Waals surface area contributed by atoms with Crippen LogP contribution in [0.5, 0.6) is 0 Å². The van der Waals surface area contributed by atoms with Crippen molar-refractivity contribution in [2.75, 3.05) is 0 Å². The largest absolute Gasteiger partial charge is 0.456 e. The molecule has 1 aliphatic rings. The molecule has 0 N–H and O–H groups in total. The minimum Gasteiger partial charge on any atom is -0.456 e. The minimum atomic E-state index is 0.112. The Morgan fingerprint density at radius 2 is 1.20 bits per heavy atom. The van der Waals surface area contributed by atoms with Crippen molar-refractivity contribution in [3.8, 4) is 45.0 Å². The van der Waals surface area contributed by atoms with Crippen LogP contribution in [0.1, 0.15) is 17.9 Å². The molecule has 5 heteroatoms. The fourth-order valence-electron chi connectivity index (χ4n) is 7.22. The standard InChI is InChI=1S/C45H29N3O2/c1-3-11-28(12-4-1)38-27-39(29-13-5-2-6-14-29)48-45(47-38)33-24-31(30-19-20-42-37(26-30)35-15-7-9-17-40(35)49-42)23-32(25-33)34-21-22-46-43-36-16-8-10-18-41(36)50-44(34)43/h1-18,20-27,30H,19H2. The van der Waals surface area contributed by atoms with Gasteiger partial charge in [-0.15, -0.1) is 0 Å². The van der Waals surface area contributed by atoms with E-state index in [0.717, 1.165) is 89.3 Å². The van der Waals surface area contributed by atoms with Crippen LogP contribution in [0.15, 0.2) is 155 Å². The molecule has 0 bridgehead atoms. The third-order valence-corrected chi connectivity index (χ3v) is 9.66. The van der Waals surface area contributed by atoms with Crippen LogP contribution >= 0.6 is 0 Å². The molecule has 4 aromatic heterocycles. The quantitative estimate of drug-likeness (QED) is 0.187. The number of benzene rings is 5. The topological polar surface area (TPSA) is 65.0 Å². The number of pyridine rings is 1. The predicted molar refractivity (Wildman–Crippen MR) is 201 cm³/mol. The summed E-state index contributed by atoms with van der Waals surface area (Å²) in [7, 11) is 0. The van der Waals surface area contributed by atoms with Crippen molar-refractivity contribution in [1.29, 1.82) is 0 Å². The molecule has 4 heterocycles. The first-order chi connectivity index (χ1) is 24.7. The molecule has 1 unspecified atom stereocenters. The van der Waals surface area contributed by atoms with Gasteiger partial charge in [0.2, 0.25) is 0 Å². The molecule has 50 heavy (non-hydrogen) atoms. The first kappa shape index (κ1) is 28.4. The number of fused-ring (bicyclic) bond motifs is 6. The maximum atomic E-state index is 6.49. The van der Waals surface area contributed by atoms with Gasteiger partial charge in [0.05, 0.1) is 11.4 Å². The monoisotopic (exact) mass is 643 g/mol. The summed E-state index contributed by atoms with van der Waals surface area (Å²) in [6.45, 7) is 0. The zero-order valence-corrected chi connectivity index (χ0v) is 27.0. The Balaban J connectivity index is 1.22. The van der Waals surface area contributed by atoms with Crippen molar-refractivity contribution in [3.63, 3.8) is 0 Å². The summed E-state index contributed by atoms with van der Waals surface area (Å²) in [5, 5.41) is 3.27. The van der Waals surface area contributed by atoms with E-state index in [4.69, 9.17) is 23.8 Å².